The van der Waals surface area contributed by atoms with Gasteiger partial charge in [0.05, 0.1) is 27.5 Å². The van der Waals surface area contributed by atoms with Crippen LogP contribution < -0.4 is 4.90 Å². The van der Waals surface area contributed by atoms with Gasteiger partial charge in [-0.3, -0.25) is 0 Å². The fraction of sp³-hybridized carbons (Fsp3) is 0.0137. The van der Waals surface area contributed by atoms with E-state index in [0.717, 1.165) is 61.4 Å². The minimum Gasteiger partial charge on any atom is -0.456 e. The third-order valence-corrected chi connectivity index (χ3v) is 15.9. The zero-order valence-electron chi connectivity index (χ0n) is 41.5. The molecule has 0 amide bonds. The standard InChI is InChI=1S/C73H48N2O/c1-6-19-49(20-7-1)51-33-38-58(39-34-51)74(59-40-42-61-60-41-35-54(50-21-8-2-9-22-50)47-65(60)73(66(61)48-59,55-23-10-3-11-24-55)56-25-12-4-13-26-56)69-31-18-32-71-72(69)64-46-53(37-44-70(64)76-71)52-36-43-68-63(45-52)62-29-16-17-30-67(62)75(68)57-27-14-5-15-28-57/h1-48H. The van der Waals surface area contributed by atoms with Crippen LogP contribution in [0.2, 0.25) is 0 Å². The van der Waals surface area contributed by atoms with Crippen LogP contribution in [0.5, 0.6) is 0 Å². The third kappa shape index (κ3) is 6.83. The van der Waals surface area contributed by atoms with Gasteiger partial charge in [0.1, 0.15) is 11.2 Å². The molecule has 0 fully saturated rings. The van der Waals surface area contributed by atoms with Gasteiger partial charge in [-0.1, -0.05) is 206 Å². The van der Waals surface area contributed by atoms with Gasteiger partial charge >= 0.3 is 0 Å². The molecule has 0 spiro atoms. The number of para-hydroxylation sites is 2. The summed E-state index contributed by atoms with van der Waals surface area (Å²) in [6.45, 7) is 0. The molecule has 14 aromatic rings. The van der Waals surface area contributed by atoms with Crippen LogP contribution in [0.15, 0.2) is 296 Å². The highest BCUT2D eigenvalue weighted by molar-refractivity contribution is 6.15. The molecular weight excluding hydrogens is 921 g/mol. The van der Waals surface area contributed by atoms with Gasteiger partial charge in [-0.25, -0.2) is 0 Å². The summed E-state index contributed by atoms with van der Waals surface area (Å²) in [5.41, 5.74) is 22.1. The molecule has 3 heteroatoms. The maximum Gasteiger partial charge on any atom is 0.137 e. The van der Waals surface area contributed by atoms with Gasteiger partial charge in [-0.05, 0) is 152 Å². The molecule has 76 heavy (non-hydrogen) atoms. The Labute approximate surface area is 441 Å². The number of aromatic nitrogens is 1. The second-order valence-corrected chi connectivity index (χ2v) is 20.0. The molecule has 0 unspecified atom stereocenters. The van der Waals surface area contributed by atoms with Crippen LogP contribution in [0.4, 0.5) is 17.1 Å². The molecule has 0 N–H and O–H groups in total. The molecule has 0 saturated heterocycles. The summed E-state index contributed by atoms with van der Waals surface area (Å²) < 4.78 is 9.22. The largest absolute Gasteiger partial charge is 0.456 e. The quantitative estimate of drug-likeness (QED) is 0.144. The smallest absolute Gasteiger partial charge is 0.137 e. The van der Waals surface area contributed by atoms with Crippen molar-refractivity contribution in [1.29, 1.82) is 0 Å². The number of hydrogen-bond donors (Lipinski definition) is 0. The zero-order chi connectivity index (χ0) is 50.2. The van der Waals surface area contributed by atoms with E-state index in [-0.39, 0.29) is 0 Å². The first kappa shape index (κ1) is 43.6. The lowest BCUT2D eigenvalue weighted by Crippen LogP contribution is -2.28. The summed E-state index contributed by atoms with van der Waals surface area (Å²) in [7, 11) is 0. The van der Waals surface area contributed by atoms with E-state index < -0.39 is 5.41 Å². The Bertz CT molecular complexity index is 4440. The maximum atomic E-state index is 6.85. The first-order valence-electron chi connectivity index (χ1n) is 26.1. The van der Waals surface area contributed by atoms with E-state index in [4.69, 9.17) is 4.42 Å². The Morgan fingerprint density at radius 3 is 1.51 bits per heavy atom. The average Bonchev–Trinajstić information content (AvgIpc) is 4.31. The molecule has 3 nitrogen and oxygen atoms in total. The molecule has 0 radical (unpaired) electrons. The Balaban J connectivity index is 0.950. The van der Waals surface area contributed by atoms with Crippen molar-refractivity contribution in [2.24, 2.45) is 0 Å². The van der Waals surface area contributed by atoms with Gasteiger partial charge < -0.3 is 13.9 Å². The molecule has 12 aromatic carbocycles. The van der Waals surface area contributed by atoms with E-state index in [2.05, 4.69) is 301 Å². The van der Waals surface area contributed by atoms with Crippen molar-refractivity contribution in [1.82, 2.24) is 4.57 Å². The topological polar surface area (TPSA) is 21.3 Å². The van der Waals surface area contributed by atoms with Crippen molar-refractivity contribution in [3.8, 4) is 50.2 Å². The minimum atomic E-state index is -0.630. The molecule has 2 aromatic heterocycles. The first-order valence-corrected chi connectivity index (χ1v) is 26.1. The van der Waals surface area contributed by atoms with Gasteiger partial charge in [0.2, 0.25) is 0 Å². The van der Waals surface area contributed by atoms with Crippen LogP contribution in [0, 0.1) is 0 Å². The third-order valence-electron chi connectivity index (χ3n) is 15.9. The second kappa shape index (κ2) is 17.6. The van der Waals surface area contributed by atoms with E-state index in [1.165, 1.54) is 71.9 Å². The SMILES string of the molecule is c1ccc(-c2ccc(N(c3ccc4c(c3)C(c3ccccc3)(c3ccccc3)c3cc(-c5ccccc5)ccc3-4)c3cccc4oc5ccc(-c6ccc7c(c6)c6ccccc6n7-c6ccccc6)cc5c34)cc2)cc1. The highest BCUT2D eigenvalue weighted by Crippen LogP contribution is 2.58. The van der Waals surface area contributed by atoms with Crippen molar-refractivity contribution in [2.75, 3.05) is 4.90 Å². The van der Waals surface area contributed by atoms with E-state index in [1.807, 2.05) is 0 Å². The van der Waals surface area contributed by atoms with E-state index in [1.54, 1.807) is 0 Å². The summed E-state index contributed by atoms with van der Waals surface area (Å²) >= 11 is 0. The predicted molar refractivity (Wildman–Crippen MR) is 316 cm³/mol. The Kier molecular flexibility index (Phi) is 10.1. The number of hydrogen-bond acceptors (Lipinski definition) is 2. The van der Waals surface area contributed by atoms with Gasteiger partial charge in [0.15, 0.2) is 0 Å². The zero-order valence-corrected chi connectivity index (χ0v) is 41.5. The van der Waals surface area contributed by atoms with Crippen molar-refractivity contribution in [2.45, 2.75) is 5.41 Å². The van der Waals surface area contributed by atoms with Crippen LogP contribution in [-0.4, -0.2) is 4.57 Å². The minimum absolute atomic E-state index is 0.630. The van der Waals surface area contributed by atoms with Crippen LogP contribution in [0.1, 0.15) is 22.3 Å². The average molecular weight is 969 g/mol. The van der Waals surface area contributed by atoms with Gasteiger partial charge in [0, 0.05) is 33.2 Å². The van der Waals surface area contributed by atoms with Crippen LogP contribution in [0.25, 0.3) is 93.9 Å². The van der Waals surface area contributed by atoms with Gasteiger partial charge in [-0.2, -0.15) is 0 Å². The fourth-order valence-electron chi connectivity index (χ4n) is 12.5. The number of benzene rings is 12. The number of furan rings is 1. The number of nitrogens with zero attached hydrogens (tertiary/aromatic N) is 2. The fourth-order valence-corrected chi connectivity index (χ4v) is 12.5. The lowest BCUT2D eigenvalue weighted by molar-refractivity contribution is 0.669. The van der Waals surface area contributed by atoms with E-state index in [0.29, 0.717) is 0 Å². The van der Waals surface area contributed by atoms with Crippen molar-refractivity contribution >= 4 is 60.8 Å². The predicted octanol–water partition coefficient (Wildman–Crippen LogP) is 19.5. The van der Waals surface area contributed by atoms with Crippen LogP contribution in [0.3, 0.4) is 0 Å². The molecule has 2 heterocycles. The molecule has 0 aliphatic heterocycles. The summed E-state index contributed by atoms with van der Waals surface area (Å²) in [5.74, 6) is 0. The van der Waals surface area contributed by atoms with Crippen LogP contribution >= 0.6 is 0 Å². The highest BCUT2D eigenvalue weighted by atomic mass is 16.3. The maximum absolute atomic E-state index is 6.85. The molecule has 0 atom stereocenters. The lowest BCUT2D eigenvalue weighted by Gasteiger charge is -2.35. The normalized spacial score (nSPS) is 12.6. The Morgan fingerprint density at radius 2 is 0.816 bits per heavy atom. The van der Waals surface area contributed by atoms with Crippen molar-refractivity contribution < 1.29 is 4.42 Å². The monoisotopic (exact) mass is 968 g/mol. The summed E-state index contributed by atoms with van der Waals surface area (Å²) in [5, 5.41) is 4.57. The molecule has 0 bridgehead atoms. The Morgan fingerprint density at radius 1 is 0.316 bits per heavy atom. The summed E-state index contributed by atoms with van der Waals surface area (Å²) in [6, 6.07) is 106. The van der Waals surface area contributed by atoms with Gasteiger partial charge in [-0.15, -0.1) is 0 Å². The van der Waals surface area contributed by atoms with E-state index in [9.17, 15) is 0 Å². The molecule has 0 saturated carbocycles. The number of anilines is 3. The molecule has 1 aliphatic rings. The highest BCUT2D eigenvalue weighted by Gasteiger charge is 2.46. The second-order valence-electron chi connectivity index (χ2n) is 20.0. The van der Waals surface area contributed by atoms with Crippen LogP contribution in [-0.2, 0) is 5.41 Å². The van der Waals surface area contributed by atoms with Crippen molar-refractivity contribution in [3.05, 3.63) is 313 Å². The Hall–Kier alpha value is -9.96. The number of fused-ring (bicyclic) bond motifs is 9. The van der Waals surface area contributed by atoms with Crippen molar-refractivity contribution in [3.63, 3.8) is 0 Å². The lowest BCUT2D eigenvalue weighted by atomic mass is 9.67. The molecule has 15 rings (SSSR count). The molecule has 356 valence electrons. The number of rotatable bonds is 9. The van der Waals surface area contributed by atoms with Gasteiger partial charge in [0.25, 0.3) is 0 Å². The molecule has 1 aliphatic carbocycles. The first-order chi connectivity index (χ1) is 37.7. The summed E-state index contributed by atoms with van der Waals surface area (Å²) in [6.07, 6.45) is 0. The van der Waals surface area contributed by atoms with E-state index >= 15 is 0 Å². The summed E-state index contributed by atoms with van der Waals surface area (Å²) in [4.78, 5) is 2.45. The molecular formula is C73H48N2O.